The maximum absolute atomic E-state index is 12.0. The lowest BCUT2D eigenvalue weighted by Crippen LogP contribution is -3.09. The highest BCUT2D eigenvalue weighted by molar-refractivity contribution is 5.96. The van der Waals surface area contributed by atoms with Crippen LogP contribution in [0, 0.1) is 0 Å². The lowest BCUT2D eigenvalue weighted by atomic mass is 10.1. The molecule has 114 valence electrons. The Morgan fingerprint density at radius 1 is 0.727 bits per heavy atom. The molecule has 2 rings (SSSR count). The lowest BCUT2D eigenvalue weighted by Gasteiger charge is -2.13. The Labute approximate surface area is 131 Å². The normalized spacial score (nSPS) is 10.6. The molecule has 0 heterocycles. The van der Waals surface area contributed by atoms with E-state index in [1.54, 1.807) is 0 Å². The highest BCUT2D eigenvalue weighted by Gasteiger charge is 2.12. The minimum absolute atomic E-state index is 0.161. The van der Waals surface area contributed by atoms with E-state index in [-0.39, 0.29) is 11.6 Å². The summed E-state index contributed by atoms with van der Waals surface area (Å²) in [4.78, 5) is 25.3. The molecular weight excluding hydrogens is 274 g/mol. The topological polar surface area (TPSA) is 38.6 Å². The van der Waals surface area contributed by atoms with Crippen LogP contribution in [0.15, 0.2) is 60.7 Å². The maximum atomic E-state index is 12.0. The minimum atomic E-state index is 0.161. The van der Waals surface area contributed by atoms with Crippen molar-refractivity contribution >= 4 is 11.6 Å². The molecular formula is C19H22NO2+. The number of Topliss-reactive ketones (excluding diaryl/α,β-unsaturated/α-hetero) is 2. The molecule has 0 atom stereocenters. The van der Waals surface area contributed by atoms with Gasteiger partial charge in [0.25, 0.3) is 0 Å². The average Bonchev–Trinajstić information content (AvgIpc) is 2.59. The highest BCUT2D eigenvalue weighted by Crippen LogP contribution is 2.02. The number of hydrogen-bond donors (Lipinski definition) is 1. The first-order chi connectivity index (χ1) is 10.7. The van der Waals surface area contributed by atoms with Crippen LogP contribution in [0.1, 0.15) is 33.6 Å². The van der Waals surface area contributed by atoms with Crippen molar-refractivity contribution in [2.75, 3.05) is 20.1 Å². The number of ketones is 2. The molecule has 0 unspecified atom stereocenters. The summed E-state index contributed by atoms with van der Waals surface area (Å²) in [5.41, 5.74) is 1.52. The van der Waals surface area contributed by atoms with Crippen LogP contribution in [-0.2, 0) is 0 Å². The van der Waals surface area contributed by atoms with Crippen molar-refractivity contribution in [3.8, 4) is 0 Å². The van der Waals surface area contributed by atoms with Gasteiger partial charge in [-0.2, -0.15) is 0 Å². The monoisotopic (exact) mass is 296 g/mol. The maximum Gasteiger partial charge on any atom is 0.168 e. The molecule has 0 saturated carbocycles. The van der Waals surface area contributed by atoms with Gasteiger partial charge in [0.1, 0.15) is 0 Å². The van der Waals surface area contributed by atoms with Crippen LogP contribution in [0.3, 0.4) is 0 Å². The van der Waals surface area contributed by atoms with Crippen molar-refractivity contribution in [2.45, 2.75) is 12.8 Å². The smallest absolute Gasteiger partial charge is 0.168 e. The zero-order chi connectivity index (χ0) is 15.8. The van der Waals surface area contributed by atoms with Crippen molar-refractivity contribution in [1.29, 1.82) is 0 Å². The standard InChI is InChI=1S/C19H21NO2/c1-20(14-12-18(21)16-8-4-2-5-9-16)15-13-19(22)17-10-6-3-7-11-17/h2-11H,12-15H2,1H3/p+1. The predicted molar refractivity (Wildman–Crippen MR) is 87.4 cm³/mol. The molecule has 0 fully saturated rings. The van der Waals surface area contributed by atoms with Gasteiger partial charge in [-0.3, -0.25) is 9.59 Å². The number of hydrogen-bond acceptors (Lipinski definition) is 2. The fourth-order valence-corrected chi connectivity index (χ4v) is 2.32. The lowest BCUT2D eigenvalue weighted by molar-refractivity contribution is -0.878. The van der Waals surface area contributed by atoms with E-state index < -0.39 is 0 Å². The van der Waals surface area contributed by atoms with Gasteiger partial charge in [-0.15, -0.1) is 0 Å². The Balaban J connectivity index is 1.73. The predicted octanol–water partition coefficient (Wildman–Crippen LogP) is 2.05. The molecule has 3 heteroatoms. The van der Waals surface area contributed by atoms with Gasteiger partial charge in [-0.25, -0.2) is 0 Å². The molecule has 1 N–H and O–H groups in total. The second-order valence-electron chi connectivity index (χ2n) is 5.54. The van der Waals surface area contributed by atoms with Gasteiger partial charge in [-0.1, -0.05) is 60.7 Å². The van der Waals surface area contributed by atoms with E-state index in [0.29, 0.717) is 12.8 Å². The van der Waals surface area contributed by atoms with Crippen LogP contribution in [0.2, 0.25) is 0 Å². The average molecular weight is 296 g/mol. The van der Waals surface area contributed by atoms with Crippen molar-refractivity contribution in [3.05, 3.63) is 71.8 Å². The van der Waals surface area contributed by atoms with Gasteiger partial charge in [0.05, 0.1) is 33.0 Å². The summed E-state index contributed by atoms with van der Waals surface area (Å²) in [5, 5.41) is 0. The Hall–Kier alpha value is -2.26. The van der Waals surface area contributed by atoms with E-state index in [0.717, 1.165) is 24.2 Å². The Kier molecular flexibility index (Phi) is 6.04. The van der Waals surface area contributed by atoms with E-state index in [2.05, 4.69) is 0 Å². The van der Waals surface area contributed by atoms with E-state index in [1.807, 2.05) is 67.7 Å². The van der Waals surface area contributed by atoms with Gasteiger partial charge in [0, 0.05) is 11.1 Å². The molecule has 0 bridgehead atoms. The first-order valence-electron chi connectivity index (χ1n) is 7.64. The van der Waals surface area contributed by atoms with E-state index >= 15 is 0 Å². The Morgan fingerprint density at radius 2 is 1.09 bits per heavy atom. The van der Waals surface area contributed by atoms with Crippen LogP contribution in [0.5, 0.6) is 0 Å². The second kappa shape index (κ2) is 8.25. The van der Waals surface area contributed by atoms with Gasteiger partial charge < -0.3 is 4.90 Å². The van der Waals surface area contributed by atoms with Crippen molar-refractivity contribution in [2.24, 2.45) is 0 Å². The third-order valence-corrected chi connectivity index (χ3v) is 3.75. The van der Waals surface area contributed by atoms with Crippen LogP contribution < -0.4 is 4.90 Å². The summed E-state index contributed by atoms with van der Waals surface area (Å²) < 4.78 is 0. The molecule has 0 aromatic heterocycles. The quantitative estimate of drug-likeness (QED) is 0.757. The molecule has 0 spiro atoms. The van der Waals surface area contributed by atoms with Gasteiger partial charge in [0.2, 0.25) is 0 Å². The van der Waals surface area contributed by atoms with E-state index in [1.165, 1.54) is 4.90 Å². The zero-order valence-corrected chi connectivity index (χ0v) is 12.9. The zero-order valence-electron chi connectivity index (χ0n) is 12.9. The molecule has 2 aromatic carbocycles. The molecule has 0 saturated heterocycles. The molecule has 0 aliphatic rings. The van der Waals surface area contributed by atoms with E-state index in [9.17, 15) is 9.59 Å². The van der Waals surface area contributed by atoms with Crippen LogP contribution in [0.25, 0.3) is 0 Å². The number of rotatable bonds is 8. The van der Waals surface area contributed by atoms with Gasteiger partial charge in [-0.05, 0) is 0 Å². The fourth-order valence-electron chi connectivity index (χ4n) is 2.32. The summed E-state index contributed by atoms with van der Waals surface area (Å²) in [5.74, 6) is 0.323. The van der Waals surface area contributed by atoms with Gasteiger partial charge in [0.15, 0.2) is 11.6 Å². The molecule has 0 radical (unpaired) electrons. The summed E-state index contributed by atoms with van der Waals surface area (Å²) in [6.45, 7) is 1.49. The number of quaternary nitrogens is 1. The molecule has 3 nitrogen and oxygen atoms in total. The minimum Gasteiger partial charge on any atom is -0.337 e. The molecule has 2 aromatic rings. The molecule has 22 heavy (non-hydrogen) atoms. The summed E-state index contributed by atoms with van der Waals surface area (Å²) in [6, 6.07) is 18.7. The number of carbonyl (C=O) groups excluding carboxylic acids is 2. The summed E-state index contributed by atoms with van der Waals surface area (Å²) in [7, 11) is 2.02. The number of nitrogens with one attached hydrogen (secondary N) is 1. The molecule has 0 aliphatic heterocycles. The largest absolute Gasteiger partial charge is 0.337 e. The van der Waals surface area contributed by atoms with Crippen molar-refractivity contribution < 1.29 is 14.5 Å². The first-order valence-corrected chi connectivity index (χ1v) is 7.64. The SMILES string of the molecule is C[NH+](CCC(=O)c1ccccc1)CCC(=O)c1ccccc1. The van der Waals surface area contributed by atoms with Crippen LogP contribution in [-0.4, -0.2) is 31.7 Å². The second-order valence-corrected chi connectivity index (χ2v) is 5.54. The summed E-state index contributed by atoms with van der Waals surface area (Å²) in [6.07, 6.45) is 1.02. The number of benzene rings is 2. The Bertz CT molecular complexity index is 552. The first kappa shape index (κ1) is 16.1. The number of carbonyl (C=O) groups is 2. The molecule has 0 aliphatic carbocycles. The third kappa shape index (κ3) is 4.93. The molecule has 0 amide bonds. The highest BCUT2D eigenvalue weighted by atomic mass is 16.1. The van der Waals surface area contributed by atoms with Crippen LogP contribution in [0.4, 0.5) is 0 Å². The van der Waals surface area contributed by atoms with Crippen molar-refractivity contribution in [1.82, 2.24) is 0 Å². The van der Waals surface area contributed by atoms with Gasteiger partial charge >= 0.3 is 0 Å². The fraction of sp³-hybridized carbons (Fsp3) is 0.263. The van der Waals surface area contributed by atoms with E-state index in [4.69, 9.17) is 0 Å². The van der Waals surface area contributed by atoms with Crippen LogP contribution >= 0.6 is 0 Å². The Morgan fingerprint density at radius 3 is 1.45 bits per heavy atom. The third-order valence-electron chi connectivity index (χ3n) is 3.75. The summed E-state index contributed by atoms with van der Waals surface area (Å²) >= 11 is 0. The van der Waals surface area contributed by atoms with Crippen molar-refractivity contribution in [3.63, 3.8) is 0 Å².